The van der Waals surface area contributed by atoms with Crippen molar-refractivity contribution in [1.82, 2.24) is 20.4 Å². The van der Waals surface area contributed by atoms with Gasteiger partial charge in [-0.1, -0.05) is 76.3 Å². The lowest BCUT2D eigenvalue weighted by Gasteiger charge is -2.33. The lowest BCUT2D eigenvalue weighted by Crippen LogP contribution is -2.56. The Hall–Kier alpha value is -3.46. The summed E-state index contributed by atoms with van der Waals surface area (Å²) >= 11 is 0. The molecule has 2 fully saturated rings. The molecule has 11 heteroatoms. The first kappa shape index (κ1) is 40.0. The summed E-state index contributed by atoms with van der Waals surface area (Å²) in [5.41, 5.74) is 0.869. The van der Waals surface area contributed by atoms with Gasteiger partial charge in [0.25, 0.3) is 0 Å². The number of carbonyl (C=O) groups excluding carboxylic acids is 4. The largest absolute Gasteiger partial charge is 0.465 e. The molecular formula is C38H58N4O7. The van der Waals surface area contributed by atoms with E-state index in [-0.39, 0.29) is 43.6 Å². The quantitative estimate of drug-likeness (QED) is 0.137. The van der Waals surface area contributed by atoms with E-state index in [0.29, 0.717) is 45.0 Å². The lowest BCUT2D eigenvalue weighted by atomic mass is 9.82. The molecule has 1 saturated carbocycles. The number of terminal acetylenes is 1. The molecule has 1 aromatic carbocycles. The molecule has 4 N–H and O–H groups in total. The fraction of sp³-hybridized carbons (Fsp3) is 0.684. The highest BCUT2D eigenvalue weighted by molar-refractivity contribution is 5.91. The summed E-state index contributed by atoms with van der Waals surface area (Å²) in [7, 11) is 1.68. The van der Waals surface area contributed by atoms with Crippen molar-refractivity contribution < 1.29 is 34.1 Å². The van der Waals surface area contributed by atoms with Gasteiger partial charge in [-0.15, -0.1) is 12.3 Å². The number of rotatable bonds is 18. The lowest BCUT2D eigenvalue weighted by molar-refractivity contribution is -0.143. The van der Waals surface area contributed by atoms with Crippen LogP contribution in [0.3, 0.4) is 0 Å². The van der Waals surface area contributed by atoms with Crippen LogP contribution >= 0.6 is 0 Å². The average molecular weight is 683 g/mol. The SMILES string of the molecule is C#CC[C@H](NC(=O)C(CC(=O)N(C)CCN1CCCOC(=O)C1)Cc1ccccc1)C(=O)NC(CC1CCCCC1)C(O)[C@@H](O)CC(C)C. The molecule has 1 aromatic rings. The van der Waals surface area contributed by atoms with E-state index in [1.54, 1.807) is 11.9 Å². The van der Waals surface area contributed by atoms with Gasteiger partial charge >= 0.3 is 5.97 Å². The second-order valence-corrected chi connectivity index (χ2v) is 14.3. The number of hydrogen-bond donors (Lipinski definition) is 4. The molecule has 272 valence electrons. The first-order valence-electron chi connectivity index (χ1n) is 18.0. The zero-order chi connectivity index (χ0) is 35.8. The van der Waals surface area contributed by atoms with Gasteiger partial charge in [-0.2, -0.15) is 0 Å². The Bertz CT molecular complexity index is 1230. The van der Waals surface area contributed by atoms with Crippen molar-refractivity contribution in [2.45, 2.75) is 109 Å². The van der Waals surface area contributed by atoms with Crippen molar-refractivity contribution in [1.29, 1.82) is 0 Å². The maximum atomic E-state index is 13.9. The minimum absolute atomic E-state index is 0.0808. The summed E-state index contributed by atoms with van der Waals surface area (Å²) in [6.07, 6.45) is 10.6. The third-order valence-electron chi connectivity index (χ3n) is 9.64. The van der Waals surface area contributed by atoms with Gasteiger partial charge in [0.05, 0.1) is 31.2 Å². The van der Waals surface area contributed by atoms with E-state index in [1.165, 1.54) is 6.42 Å². The van der Waals surface area contributed by atoms with E-state index in [2.05, 4.69) is 16.6 Å². The number of ether oxygens (including phenoxy) is 1. The number of likely N-dealkylation sites (N-methyl/N-ethyl adjacent to an activating group) is 1. The summed E-state index contributed by atoms with van der Waals surface area (Å²) in [6.45, 7) is 6.06. The van der Waals surface area contributed by atoms with Crippen molar-refractivity contribution in [3.8, 4) is 12.3 Å². The molecule has 11 nitrogen and oxygen atoms in total. The highest BCUT2D eigenvalue weighted by atomic mass is 16.5. The fourth-order valence-corrected chi connectivity index (χ4v) is 6.77. The van der Waals surface area contributed by atoms with Gasteiger partial charge in [-0.25, -0.2) is 0 Å². The first-order valence-corrected chi connectivity index (χ1v) is 18.0. The molecule has 0 radical (unpaired) electrons. The van der Waals surface area contributed by atoms with Crippen molar-refractivity contribution in [3.05, 3.63) is 35.9 Å². The first-order chi connectivity index (χ1) is 23.5. The Kier molecular flexibility index (Phi) is 17.1. The predicted molar refractivity (Wildman–Crippen MR) is 188 cm³/mol. The molecule has 2 aliphatic rings. The Morgan fingerprint density at radius 1 is 1.06 bits per heavy atom. The Balaban J connectivity index is 1.71. The zero-order valence-electron chi connectivity index (χ0n) is 29.6. The third kappa shape index (κ3) is 14.1. The summed E-state index contributed by atoms with van der Waals surface area (Å²) in [6, 6.07) is 7.59. The topological polar surface area (TPSA) is 149 Å². The maximum Gasteiger partial charge on any atom is 0.320 e. The number of nitrogens with zero attached hydrogens (tertiary/aromatic N) is 2. The molecule has 1 saturated heterocycles. The summed E-state index contributed by atoms with van der Waals surface area (Å²) < 4.78 is 5.11. The molecule has 5 atom stereocenters. The van der Waals surface area contributed by atoms with Crippen LogP contribution in [0.5, 0.6) is 0 Å². The number of aliphatic hydroxyl groups is 2. The van der Waals surface area contributed by atoms with E-state index in [0.717, 1.165) is 37.7 Å². The van der Waals surface area contributed by atoms with Crippen LogP contribution in [0.4, 0.5) is 0 Å². The number of carbonyl (C=O) groups is 4. The van der Waals surface area contributed by atoms with Crippen molar-refractivity contribution >= 4 is 23.7 Å². The minimum atomic E-state index is -1.17. The molecule has 3 amide bonds. The second-order valence-electron chi connectivity index (χ2n) is 14.3. The van der Waals surface area contributed by atoms with E-state index < -0.39 is 42.0 Å². The number of hydrogen-bond acceptors (Lipinski definition) is 8. The van der Waals surface area contributed by atoms with Gasteiger partial charge in [-0.3, -0.25) is 24.1 Å². The van der Waals surface area contributed by atoms with Crippen LogP contribution in [0.1, 0.15) is 83.6 Å². The van der Waals surface area contributed by atoms with Crippen molar-refractivity contribution in [2.75, 3.05) is 39.8 Å². The van der Waals surface area contributed by atoms with Gasteiger partial charge in [-0.05, 0) is 43.1 Å². The smallest absolute Gasteiger partial charge is 0.320 e. The Morgan fingerprint density at radius 3 is 2.45 bits per heavy atom. The molecule has 1 aliphatic carbocycles. The van der Waals surface area contributed by atoms with Gasteiger partial charge in [0.15, 0.2) is 0 Å². The van der Waals surface area contributed by atoms with Crippen LogP contribution in [0.25, 0.3) is 0 Å². The monoisotopic (exact) mass is 682 g/mol. The molecule has 0 aromatic heterocycles. The van der Waals surface area contributed by atoms with Crippen molar-refractivity contribution in [2.24, 2.45) is 17.8 Å². The molecule has 1 aliphatic heterocycles. The van der Waals surface area contributed by atoms with E-state index in [1.807, 2.05) is 49.1 Å². The van der Waals surface area contributed by atoms with Crippen LogP contribution in [0.2, 0.25) is 0 Å². The summed E-state index contributed by atoms with van der Waals surface area (Å²) in [4.78, 5) is 56.4. The predicted octanol–water partition coefficient (Wildman–Crippen LogP) is 2.67. The van der Waals surface area contributed by atoms with E-state index in [9.17, 15) is 29.4 Å². The molecule has 1 heterocycles. The van der Waals surface area contributed by atoms with Crippen LogP contribution < -0.4 is 10.6 Å². The zero-order valence-corrected chi connectivity index (χ0v) is 29.6. The third-order valence-corrected chi connectivity index (χ3v) is 9.64. The number of benzene rings is 1. The van der Waals surface area contributed by atoms with Crippen molar-refractivity contribution in [3.63, 3.8) is 0 Å². The van der Waals surface area contributed by atoms with Gasteiger partial charge in [0, 0.05) is 39.5 Å². The highest BCUT2D eigenvalue weighted by Crippen LogP contribution is 2.29. The van der Waals surface area contributed by atoms with Gasteiger partial charge in [0.2, 0.25) is 17.7 Å². The van der Waals surface area contributed by atoms with Gasteiger partial charge < -0.3 is 30.5 Å². The summed E-state index contributed by atoms with van der Waals surface area (Å²) in [5.74, 6) is 0.660. The normalized spacial score (nSPS) is 19.0. The van der Waals surface area contributed by atoms with Crippen LogP contribution in [-0.2, 0) is 30.3 Å². The Labute approximate surface area is 292 Å². The standard InChI is InChI=1S/C38H58N4O7/c1-5-13-31(38(48)40-32(24-29-16-10-7-11-17-29)36(46)33(43)22-27(2)3)39-37(47)30(23-28-14-8-6-9-15-28)25-34(44)41(4)19-20-42-18-12-21-49-35(45)26-42/h1,6,8-9,14-15,27,29-33,36,43,46H,7,10-13,16-26H2,2-4H3,(H,39,47)(H,40,48)/t30?,31-,32?,33-,36?/m0/s1. The average Bonchev–Trinajstić information content (AvgIpc) is 3.29. The van der Waals surface area contributed by atoms with Crippen LogP contribution in [-0.4, -0.2) is 108 Å². The molecule has 49 heavy (non-hydrogen) atoms. The molecule has 3 unspecified atom stereocenters. The van der Waals surface area contributed by atoms with Gasteiger partial charge in [0.1, 0.15) is 12.1 Å². The van der Waals surface area contributed by atoms with E-state index in [4.69, 9.17) is 11.2 Å². The maximum absolute atomic E-state index is 13.9. The fourth-order valence-electron chi connectivity index (χ4n) is 6.77. The highest BCUT2D eigenvalue weighted by Gasteiger charge is 2.34. The number of nitrogens with one attached hydrogen (secondary N) is 2. The van der Waals surface area contributed by atoms with E-state index >= 15 is 0 Å². The second kappa shape index (κ2) is 20.9. The number of amides is 3. The van der Waals surface area contributed by atoms with Crippen LogP contribution in [0.15, 0.2) is 30.3 Å². The number of esters is 1. The van der Waals surface area contributed by atoms with Crippen LogP contribution in [0, 0.1) is 30.1 Å². The summed E-state index contributed by atoms with van der Waals surface area (Å²) in [5, 5.41) is 27.8. The minimum Gasteiger partial charge on any atom is -0.465 e. The Morgan fingerprint density at radius 2 is 1.78 bits per heavy atom. The molecular weight excluding hydrogens is 624 g/mol. The number of cyclic esters (lactones) is 1. The molecule has 0 spiro atoms. The molecule has 0 bridgehead atoms. The number of aliphatic hydroxyl groups excluding tert-OH is 2. The molecule has 3 rings (SSSR count).